The van der Waals surface area contributed by atoms with Crippen molar-refractivity contribution < 1.29 is 19.1 Å². The lowest BCUT2D eigenvalue weighted by atomic mass is 10.2. The van der Waals surface area contributed by atoms with Crippen LogP contribution in [0.5, 0.6) is 5.75 Å². The van der Waals surface area contributed by atoms with Crippen LogP contribution in [-0.4, -0.2) is 61.3 Å². The zero-order valence-electron chi connectivity index (χ0n) is 16.8. The van der Waals surface area contributed by atoms with E-state index in [1.807, 2.05) is 25.1 Å². The van der Waals surface area contributed by atoms with Gasteiger partial charge in [-0.1, -0.05) is 0 Å². The first-order valence-electron chi connectivity index (χ1n) is 9.77. The van der Waals surface area contributed by atoms with Crippen molar-refractivity contribution in [1.29, 1.82) is 0 Å². The number of hydrogen-bond donors (Lipinski definition) is 1. The van der Waals surface area contributed by atoms with E-state index in [0.717, 1.165) is 11.4 Å². The van der Waals surface area contributed by atoms with Crippen LogP contribution in [-0.2, 0) is 4.74 Å². The fourth-order valence-electron chi connectivity index (χ4n) is 3.10. The van der Waals surface area contributed by atoms with E-state index in [4.69, 9.17) is 9.47 Å². The largest absolute Gasteiger partial charge is 0.494 e. The smallest absolute Gasteiger partial charge is 0.409 e. The Morgan fingerprint density at radius 3 is 2.41 bits per heavy atom. The van der Waals surface area contributed by atoms with Gasteiger partial charge >= 0.3 is 6.09 Å². The van der Waals surface area contributed by atoms with E-state index >= 15 is 0 Å². The lowest BCUT2D eigenvalue weighted by Crippen LogP contribution is -2.49. The molecule has 1 aromatic heterocycles. The molecule has 1 aromatic carbocycles. The Morgan fingerprint density at radius 1 is 1.03 bits per heavy atom. The van der Waals surface area contributed by atoms with E-state index < -0.39 is 0 Å². The minimum atomic E-state index is -0.280. The van der Waals surface area contributed by atoms with Crippen molar-refractivity contribution in [2.24, 2.45) is 0 Å². The summed E-state index contributed by atoms with van der Waals surface area (Å²) in [6.45, 7) is 7.18. The molecule has 0 unspecified atom stereocenters. The number of carbonyl (C=O) groups excluding carboxylic acids is 2. The minimum absolute atomic E-state index is 0.277. The average Bonchev–Trinajstić information content (AvgIpc) is 2.76. The molecule has 2 heterocycles. The van der Waals surface area contributed by atoms with Gasteiger partial charge in [-0.15, -0.1) is 0 Å². The van der Waals surface area contributed by atoms with Gasteiger partial charge in [0.25, 0.3) is 5.91 Å². The monoisotopic (exact) mass is 398 g/mol. The van der Waals surface area contributed by atoms with Gasteiger partial charge < -0.3 is 24.6 Å². The van der Waals surface area contributed by atoms with Gasteiger partial charge in [0, 0.05) is 43.8 Å². The first-order chi connectivity index (χ1) is 14.1. The van der Waals surface area contributed by atoms with Gasteiger partial charge in [-0.05, 0) is 50.2 Å². The van der Waals surface area contributed by atoms with Crippen molar-refractivity contribution in [3.63, 3.8) is 0 Å². The third-order valence-electron chi connectivity index (χ3n) is 4.57. The first-order valence-corrected chi connectivity index (χ1v) is 9.77. The van der Waals surface area contributed by atoms with Crippen LogP contribution in [0.2, 0.25) is 0 Å². The Kier molecular flexibility index (Phi) is 6.89. The number of anilines is 2. The molecule has 0 saturated carbocycles. The van der Waals surface area contributed by atoms with Crippen LogP contribution in [0.1, 0.15) is 24.3 Å². The van der Waals surface area contributed by atoms with E-state index in [1.165, 1.54) is 0 Å². The Labute approximate surface area is 170 Å². The van der Waals surface area contributed by atoms with Gasteiger partial charge in [0.2, 0.25) is 0 Å². The van der Waals surface area contributed by atoms with E-state index in [0.29, 0.717) is 50.8 Å². The Morgan fingerprint density at radius 2 is 1.76 bits per heavy atom. The number of benzene rings is 1. The Balaban J connectivity index is 1.60. The predicted molar refractivity (Wildman–Crippen MR) is 111 cm³/mol. The topological polar surface area (TPSA) is 84.0 Å². The molecule has 1 N–H and O–H groups in total. The van der Waals surface area contributed by atoms with Crippen molar-refractivity contribution in [1.82, 2.24) is 9.88 Å². The lowest BCUT2D eigenvalue weighted by molar-refractivity contribution is 0.102. The van der Waals surface area contributed by atoms with Crippen LogP contribution in [0.4, 0.5) is 16.2 Å². The van der Waals surface area contributed by atoms with Crippen molar-refractivity contribution in [3.8, 4) is 5.75 Å². The summed E-state index contributed by atoms with van der Waals surface area (Å²) >= 11 is 0. The van der Waals surface area contributed by atoms with Crippen LogP contribution >= 0.6 is 0 Å². The fraction of sp³-hybridized carbons (Fsp3) is 0.381. The summed E-state index contributed by atoms with van der Waals surface area (Å²) in [5.41, 5.74) is 1.92. The van der Waals surface area contributed by atoms with Crippen molar-refractivity contribution in [2.45, 2.75) is 13.8 Å². The molecule has 0 aliphatic carbocycles. The molecule has 0 bridgehead atoms. The number of rotatable bonds is 6. The zero-order valence-corrected chi connectivity index (χ0v) is 16.8. The molecule has 2 aromatic rings. The second kappa shape index (κ2) is 9.77. The van der Waals surface area contributed by atoms with E-state index in [-0.39, 0.29) is 12.0 Å². The van der Waals surface area contributed by atoms with Crippen molar-refractivity contribution >= 4 is 23.4 Å². The van der Waals surface area contributed by atoms with Crippen LogP contribution in [0.15, 0.2) is 42.6 Å². The third-order valence-corrected chi connectivity index (χ3v) is 4.57. The molecule has 29 heavy (non-hydrogen) atoms. The van der Waals surface area contributed by atoms with Crippen molar-refractivity contribution in [3.05, 3.63) is 48.3 Å². The standard InChI is InChI=1S/C21H26N4O4/c1-3-28-18-7-5-16(6-8-18)23-20(26)19-15-17(9-10-22-19)24-11-13-25(14-12-24)21(27)29-4-2/h5-10,15H,3-4,11-14H2,1-2H3,(H,23,26). The summed E-state index contributed by atoms with van der Waals surface area (Å²) in [5.74, 6) is 0.480. The number of hydrogen-bond acceptors (Lipinski definition) is 6. The molecule has 2 amide bonds. The molecule has 3 rings (SSSR count). The number of ether oxygens (including phenoxy) is 2. The number of carbonyl (C=O) groups is 2. The fourth-order valence-corrected chi connectivity index (χ4v) is 3.10. The molecule has 154 valence electrons. The number of nitrogens with one attached hydrogen (secondary N) is 1. The summed E-state index contributed by atoms with van der Waals surface area (Å²) in [4.78, 5) is 32.4. The normalized spacial score (nSPS) is 13.7. The van der Waals surface area contributed by atoms with Gasteiger partial charge in [-0.25, -0.2) is 4.79 Å². The number of pyridine rings is 1. The van der Waals surface area contributed by atoms with E-state index in [2.05, 4.69) is 15.2 Å². The molecule has 0 radical (unpaired) electrons. The van der Waals surface area contributed by atoms with Crippen LogP contribution in [0.3, 0.4) is 0 Å². The summed E-state index contributed by atoms with van der Waals surface area (Å²) in [6, 6.07) is 10.8. The highest BCUT2D eigenvalue weighted by atomic mass is 16.6. The highest BCUT2D eigenvalue weighted by Crippen LogP contribution is 2.19. The first kappa shape index (κ1) is 20.4. The second-order valence-electron chi connectivity index (χ2n) is 6.48. The SMILES string of the molecule is CCOC(=O)N1CCN(c2ccnc(C(=O)Nc3ccc(OCC)cc3)c2)CC1. The summed E-state index contributed by atoms with van der Waals surface area (Å²) < 4.78 is 10.5. The third kappa shape index (κ3) is 5.37. The lowest BCUT2D eigenvalue weighted by Gasteiger charge is -2.35. The Hall–Kier alpha value is -3.29. The zero-order chi connectivity index (χ0) is 20.6. The molecule has 1 fully saturated rings. The quantitative estimate of drug-likeness (QED) is 0.805. The van der Waals surface area contributed by atoms with Gasteiger partial charge in [0.1, 0.15) is 11.4 Å². The van der Waals surface area contributed by atoms with Gasteiger partial charge in [0.15, 0.2) is 0 Å². The van der Waals surface area contributed by atoms with Gasteiger partial charge in [0.05, 0.1) is 13.2 Å². The van der Waals surface area contributed by atoms with Gasteiger partial charge in [-0.3, -0.25) is 9.78 Å². The maximum atomic E-state index is 12.6. The number of nitrogens with zero attached hydrogens (tertiary/aromatic N) is 3. The molecule has 1 aliphatic heterocycles. The highest BCUT2D eigenvalue weighted by molar-refractivity contribution is 6.03. The molecular formula is C21H26N4O4. The predicted octanol–water partition coefficient (Wildman–Crippen LogP) is 3.01. The van der Waals surface area contributed by atoms with Crippen LogP contribution < -0.4 is 15.0 Å². The van der Waals surface area contributed by atoms with Crippen LogP contribution in [0, 0.1) is 0 Å². The van der Waals surface area contributed by atoms with Gasteiger partial charge in [-0.2, -0.15) is 0 Å². The summed E-state index contributed by atoms with van der Waals surface area (Å²) in [7, 11) is 0. The van der Waals surface area contributed by atoms with E-state index in [1.54, 1.807) is 36.2 Å². The molecule has 0 spiro atoms. The molecular weight excluding hydrogens is 372 g/mol. The van der Waals surface area contributed by atoms with Crippen molar-refractivity contribution in [2.75, 3.05) is 49.6 Å². The molecule has 1 aliphatic rings. The molecule has 8 heteroatoms. The Bertz CT molecular complexity index is 833. The molecule has 0 atom stereocenters. The maximum absolute atomic E-state index is 12.6. The summed E-state index contributed by atoms with van der Waals surface area (Å²) in [5, 5.41) is 2.85. The second-order valence-corrected chi connectivity index (χ2v) is 6.48. The highest BCUT2D eigenvalue weighted by Gasteiger charge is 2.22. The summed E-state index contributed by atoms with van der Waals surface area (Å²) in [6.07, 6.45) is 1.34. The maximum Gasteiger partial charge on any atom is 0.409 e. The molecule has 8 nitrogen and oxygen atoms in total. The number of aromatic nitrogens is 1. The minimum Gasteiger partial charge on any atom is -0.494 e. The number of piperazine rings is 1. The molecule has 1 saturated heterocycles. The number of amides is 2. The van der Waals surface area contributed by atoms with Crippen LogP contribution in [0.25, 0.3) is 0 Å². The van der Waals surface area contributed by atoms with E-state index in [9.17, 15) is 9.59 Å². The average molecular weight is 398 g/mol.